The third-order valence-electron chi connectivity index (χ3n) is 5.61. The van der Waals surface area contributed by atoms with Crippen LogP contribution in [0.15, 0.2) is 24.4 Å². The Morgan fingerprint density at radius 1 is 1.17 bits per heavy atom. The van der Waals surface area contributed by atoms with E-state index in [1.807, 2.05) is 18.2 Å². The van der Waals surface area contributed by atoms with Crippen molar-refractivity contribution in [3.05, 3.63) is 40.8 Å². The molecule has 2 aliphatic heterocycles. The number of hydrogen-bond acceptors (Lipinski definition) is 7. The Kier molecular flexibility index (Phi) is 9.44. The van der Waals surface area contributed by atoms with E-state index in [4.69, 9.17) is 15.2 Å². The van der Waals surface area contributed by atoms with Gasteiger partial charge in [0.1, 0.15) is 16.4 Å². The van der Waals surface area contributed by atoms with Gasteiger partial charge >= 0.3 is 0 Å². The quantitative estimate of drug-likeness (QED) is 0.403. The summed E-state index contributed by atoms with van der Waals surface area (Å²) in [5, 5.41) is 8.57. The monoisotopic (exact) mass is 503 g/mol. The minimum Gasteiger partial charge on any atom is -0.372 e. The van der Waals surface area contributed by atoms with E-state index < -0.39 is 12.1 Å². The fourth-order valence-electron chi connectivity index (χ4n) is 3.69. The van der Waals surface area contributed by atoms with Gasteiger partial charge in [-0.15, -0.1) is 11.3 Å². The number of nitrogens with one attached hydrogen (secondary N) is 1. The summed E-state index contributed by atoms with van der Waals surface area (Å²) in [4.78, 5) is 23.8. The highest BCUT2D eigenvalue weighted by Crippen LogP contribution is 2.29. The zero-order valence-corrected chi connectivity index (χ0v) is 20.8. The topological polar surface area (TPSA) is 104 Å². The molecule has 8 nitrogen and oxygen atoms in total. The average Bonchev–Trinajstić information content (AvgIpc) is 3.50. The van der Waals surface area contributed by atoms with Crippen LogP contribution >= 0.6 is 11.3 Å². The summed E-state index contributed by atoms with van der Waals surface area (Å²) in [6, 6.07) is 6.11. The molecule has 3 aromatic rings. The van der Waals surface area contributed by atoms with Crippen LogP contribution in [-0.2, 0) is 4.79 Å². The first kappa shape index (κ1) is 26.4. The number of alkyl halides is 2. The molecule has 2 aliphatic rings. The lowest BCUT2D eigenvalue weighted by atomic mass is 10.2. The Labute approximate surface area is 207 Å². The normalized spacial score (nSPS) is 15.5. The zero-order chi connectivity index (χ0) is 25.4. The van der Waals surface area contributed by atoms with Crippen LogP contribution in [-0.4, -0.2) is 71.2 Å². The Morgan fingerprint density at radius 2 is 1.86 bits per heavy atom. The van der Waals surface area contributed by atoms with E-state index >= 15 is 0 Å². The lowest BCUT2D eigenvalue weighted by Gasteiger charge is -2.31. The van der Waals surface area contributed by atoms with E-state index in [0.717, 1.165) is 34.0 Å². The number of anilines is 1. The van der Waals surface area contributed by atoms with Crippen LogP contribution in [0.3, 0.4) is 0 Å². The Balaban J connectivity index is 0.000000323. The number of amides is 1. The lowest BCUT2D eigenvalue weighted by Crippen LogP contribution is -2.37. The van der Waals surface area contributed by atoms with E-state index in [1.54, 1.807) is 30.7 Å². The number of primary amides is 1. The fraction of sp³-hybridized carbons (Fsp3) is 0.417. The maximum atomic E-state index is 12.8. The Hall–Kier alpha value is -3.18. The SMILES string of the molecule is CN1CCCC1.Cc1cn(/C=C/c2cc3ccc(N4CCC4)nc3s2)c(C(=N)C(F)F)n1.NC=O. The maximum Gasteiger partial charge on any atom is 0.283 e. The number of aromatic nitrogens is 3. The summed E-state index contributed by atoms with van der Waals surface area (Å²) in [6.45, 7) is 6.46. The van der Waals surface area contributed by atoms with Gasteiger partial charge in [-0.3, -0.25) is 10.2 Å². The predicted molar refractivity (Wildman–Crippen MR) is 138 cm³/mol. The van der Waals surface area contributed by atoms with Crippen molar-refractivity contribution >= 4 is 51.8 Å². The molecule has 11 heteroatoms. The van der Waals surface area contributed by atoms with Crippen LogP contribution < -0.4 is 10.6 Å². The molecule has 0 aromatic carbocycles. The van der Waals surface area contributed by atoms with Crippen molar-refractivity contribution in [2.75, 3.05) is 38.1 Å². The number of fused-ring (bicyclic) bond motifs is 1. The minimum atomic E-state index is -2.85. The van der Waals surface area contributed by atoms with Gasteiger partial charge < -0.3 is 20.1 Å². The molecule has 1 amide bonds. The molecule has 5 heterocycles. The van der Waals surface area contributed by atoms with Gasteiger partial charge in [-0.05, 0) is 70.6 Å². The van der Waals surface area contributed by atoms with Crippen LogP contribution in [0.2, 0.25) is 0 Å². The molecule has 0 atom stereocenters. The molecule has 3 aromatic heterocycles. The van der Waals surface area contributed by atoms with Gasteiger partial charge in [-0.1, -0.05) is 0 Å². The van der Waals surface area contributed by atoms with Crippen molar-refractivity contribution in [2.45, 2.75) is 32.6 Å². The molecule has 35 heavy (non-hydrogen) atoms. The van der Waals surface area contributed by atoms with E-state index in [-0.39, 0.29) is 12.2 Å². The second-order valence-electron chi connectivity index (χ2n) is 8.34. The highest BCUT2D eigenvalue weighted by molar-refractivity contribution is 7.19. The lowest BCUT2D eigenvalue weighted by molar-refractivity contribution is -0.106. The number of carbonyl (C=O) groups is 1. The largest absolute Gasteiger partial charge is 0.372 e. The smallest absolute Gasteiger partial charge is 0.283 e. The molecule has 0 unspecified atom stereocenters. The summed E-state index contributed by atoms with van der Waals surface area (Å²) in [7, 11) is 2.17. The molecule has 2 saturated heterocycles. The van der Waals surface area contributed by atoms with Gasteiger partial charge in [0, 0.05) is 35.7 Å². The first-order valence-electron chi connectivity index (χ1n) is 11.4. The number of carbonyl (C=O) groups excluding carboxylic acids is 1. The number of imidazole rings is 1. The van der Waals surface area contributed by atoms with Crippen molar-refractivity contribution in [3.8, 4) is 0 Å². The Morgan fingerprint density at radius 3 is 2.40 bits per heavy atom. The number of halogens is 2. The second kappa shape index (κ2) is 12.5. The van der Waals surface area contributed by atoms with Gasteiger partial charge in [-0.2, -0.15) is 0 Å². The van der Waals surface area contributed by atoms with Gasteiger partial charge in [0.05, 0.1) is 5.69 Å². The van der Waals surface area contributed by atoms with E-state index in [1.165, 1.54) is 36.9 Å². The number of aryl methyl sites for hydroxylation is 1. The number of thiophene rings is 1. The summed E-state index contributed by atoms with van der Waals surface area (Å²) < 4.78 is 27.1. The standard InChI is InChI=1S/C18H17F2N5S.C5H11N.CH3NO/c1-11-10-25(17(22-11)15(21)16(19)20)8-5-13-9-12-3-4-14(23-18(12)26-13)24-6-2-7-24;1-6-4-2-3-5-6;2-1-3/h3-5,8-10,16,21H,2,6-7H2,1H3;2-5H2,1H3;1H,(H2,2,3)/b8-5+,21-15?;;. The fourth-order valence-corrected chi connectivity index (χ4v) is 4.61. The van der Waals surface area contributed by atoms with Crippen molar-refractivity contribution in [3.63, 3.8) is 0 Å². The molecule has 2 fully saturated rings. The summed E-state index contributed by atoms with van der Waals surface area (Å²) in [5.41, 5.74) is 3.98. The van der Waals surface area contributed by atoms with Crippen LogP contribution in [0.5, 0.6) is 0 Å². The zero-order valence-electron chi connectivity index (χ0n) is 20.0. The summed E-state index contributed by atoms with van der Waals surface area (Å²) >= 11 is 1.55. The van der Waals surface area contributed by atoms with Gasteiger partial charge in [-0.25, -0.2) is 18.7 Å². The molecule has 0 radical (unpaired) electrons. The first-order valence-corrected chi connectivity index (χ1v) is 12.2. The van der Waals surface area contributed by atoms with E-state index in [9.17, 15) is 8.78 Å². The molecular formula is C24H31F2N7OS. The first-order chi connectivity index (χ1) is 16.8. The third-order valence-corrected chi connectivity index (χ3v) is 6.62. The van der Waals surface area contributed by atoms with Crippen molar-refractivity contribution in [1.29, 1.82) is 5.41 Å². The highest BCUT2D eigenvalue weighted by Gasteiger charge is 2.19. The second-order valence-corrected chi connectivity index (χ2v) is 9.41. The predicted octanol–water partition coefficient (Wildman–Crippen LogP) is 4.09. The van der Waals surface area contributed by atoms with Crippen LogP contribution in [0.1, 0.15) is 35.7 Å². The van der Waals surface area contributed by atoms with Crippen LogP contribution in [0, 0.1) is 12.3 Å². The van der Waals surface area contributed by atoms with E-state index in [2.05, 4.69) is 33.6 Å². The number of rotatable bonds is 5. The van der Waals surface area contributed by atoms with E-state index in [0.29, 0.717) is 5.69 Å². The molecule has 3 N–H and O–H groups in total. The summed E-state index contributed by atoms with van der Waals surface area (Å²) in [5.74, 6) is 0.965. The maximum absolute atomic E-state index is 12.8. The summed E-state index contributed by atoms with van der Waals surface area (Å²) in [6.07, 6.45) is 6.56. The van der Waals surface area contributed by atoms with Crippen molar-refractivity contribution in [1.82, 2.24) is 19.4 Å². The number of hydrogen-bond donors (Lipinski definition) is 2. The molecule has 0 saturated carbocycles. The molecule has 188 valence electrons. The third kappa shape index (κ3) is 7.15. The van der Waals surface area contributed by atoms with Gasteiger partial charge in [0.15, 0.2) is 5.82 Å². The van der Waals surface area contributed by atoms with Gasteiger partial charge in [0.25, 0.3) is 6.43 Å². The Bertz CT molecular complexity index is 1160. The average molecular weight is 504 g/mol. The van der Waals surface area contributed by atoms with Crippen molar-refractivity contribution < 1.29 is 13.6 Å². The molecule has 0 bridgehead atoms. The number of pyridine rings is 1. The minimum absolute atomic E-state index is 0.0342. The van der Waals surface area contributed by atoms with Crippen molar-refractivity contribution in [2.24, 2.45) is 5.73 Å². The molecular weight excluding hydrogens is 472 g/mol. The highest BCUT2D eigenvalue weighted by atomic mass is 32.1. The van der Waals surface area contributed by atoms with Crippen LogP contribution in [0.25, 0.3) is 22.5 Å². The number of nitrogens with two attached hydrogens (primary N) is 1. The van der Waals surface area contributed by atoms with Gasteiger partial charge in [0.2, 0.25) is 6.41 Å². The molecule has 0 aliphatic carbocycles. The number of nitrogens with zero attached hydrogens (tertiary/aromatic N) is 5. The van der Waals surface area contributed by atoms with Crippen LogP contribution in [0.4, 0.5) is 14.6 Å². The number of likely N-dealkylation sites (tertiary alicyclic amines) is 1. The molecule has 0 spiro atoms. The molecule has 5 rings (SSSR count).